The average molecular weight is 267 g/mol. The van der Waals surface area contributed by atoms with E-state index in [0.29, 0.717) is 0 Å². The van der Waals surface area contributed by atoms with Crippen LogP contribution in [0.1, 0.15) is 17.5 Å². The molecule has 0 aromatic heterocycles. The number of anilines is 1. The van der Waals surface area contributed by atoms with Gasteiger partial charge in [-0.25, -0.2) is 0 Å². The van der Waals surface area contributed by atoms with Crippen molar-refractivity contribution in [2.45, 2.75) is 19.3 Å². The molecule has 20 heavy (non-hydrogen) atoms. The van der Waals surface area contributed by atoms with Gasteiger partial charge in [-0.2, -0.15) is 0 Å². The quantitative estimate of drug-likeness (QED) is 0.837. The molecule has 2 nitrogen and oxygen atoms in total. The fraction of sp³-hybridized carbons (Fsp3) is 0.333. The second kappa shape index (κ2) is 6.00. The van der Waals surface area contributed by atoms with Crippen molar-refractivity contribution < 1.29 is 4.74 Å². The monoisotopic (exact) mass is 267 g/mol. The topological polar surface area (TPSA) is 12.5 Å². The van der Waals surface area contributed by atoms with Crippen molar-refractivity contribution in [3.63, 3.8) is 0 Å². The summed E-state index contributed by atoms with van der Waals surface area (Å²) < 4.78 is 5.67. The summed E-state index contributed by atoms with van der Waals surface area (Å²) in [5.41, 5.74) is 4.02. The van der Waals surface area contributed by atoms with Gasteiger partial charge in [-0.3, -0.25) is 0 Å². The number of ether oxygens (including phenoxy) is 1. The zero-order valence-electron chi connectivity index (χ0n) is 12.0. The lowest BCUT2D eigenvalue weighted by molar-refractivity contribution is 0.288. The van der Waals surface area contributed by atoms with Gasteiger partial charge >= 0.3 is 0 Å². The molecule has 2 heteroatoms. The zero-order valence-corrected chi connectivity index (χ0v) is 12.0. The first-order chi connectivity index (χ1) is 9.83. The molecule has 0 radical (unpaired) electrons. The van der Waals surface area contributed by atoms with Gasteiger partial charge in [0.2, 0.25) is 0 Å². The molecular formula is C18H21NO. The van der Waals surface area contributed by atoms with Crippen molar-refractivity contribution >= 4 is 5.69 Å². The van der Waals surface area contributed by atoms with Crippen molar-refractivity contribution in [1.29, 1.82) is 0 Å². The van der Waals surface area contributed by atoms with Crippen LogP contribution in [0.3, 0.4) is 0 Å². The van der Waals surface area contributed by atoms with Crippen molar-refractivity contribution in [3.05, 3.63) is 59.7 Å². The number of hydrogen-bond acceptors (Lipinski definition) is 2. The Hall–Kier alpha value is -1.96. The number of rotatable bonds is 4. The lowest BCUT2D eigenvalue weighted by Crippen LogP contribution is -2.20. The normalized spacial score (nSPS) is 13.4. The summed E-state index contributed by atoms with van der Waals surface area (Å²) in [6.07, 6.45) is 3.34. The Balaban J connectivity index is 1.66. The Morgan fingerprint density at radius 1 is 1.10 bits per heavy atom. The van der Waals surface area contributed by atoms with Crippen molar-refractivity contribution in [3.8, 4) is 5.75 Å². The molecule has 1 heterocycles. The molecule has 1 aliphatic heterocycles. The molecule has 0 amide bonds. The van der Waals surface area contributed by atoms with Crippen LogP contribution in [0.2, 0.25) is 0 Å². The van der Waals surface area contributed by atoms with E-state index < -0.39 is 0 Å². The van der Waals surface area contributed by atoms with Gasteiger partial charge in [-0.15, -0.1) is 0 Å². The number of fused-ring (bicyclic) bond motifs is 1. The van der Waals surface area contributed by atoms with Gasteiger partial charge in [0.15, 0.2) is 0 Å². The Labute approximate surface area is 121 Å². The van der Waals surface area contributed by atoms with E-state index in [4.69, 9.17) is 4.74 Å². The van der Waals surface area contributed by atoms with Crippen LogP contribution in [0.25, 0.3) is 0 Å². The van der Waals surface area contributed by atoms with Crippen molar-refractivity contribution in [2.24, 2.45) is 0 Å². The number of benzene rings is 2. The molecule has 0 spiro atoms. The summed E-state index contributed by atoms with van der Waals surface area (Å²) in [5, 5.41) is 0. The number of nitrogens with zero attached hydrogens (tertiary/aromatic N) is 1. The Morgan fingerprint density at radius 3 is 2.80 bits per heavy atom. The van der Waals surface area contributed by atoms with E-state index in [-0.39, 0.29) is 0 Å². The highest BCUT2D eigenvalue weighted by molar-refractivity contribution is 5.53. The molecule has 0 atom stereocenters. The molecule has 0 aliphatic carbocycles. The molecule has 0 saturated heterocycles. The maximum Gasteiger partial charge on any atom is 0.122 e. The van der Waals surface area contributed by atoms with E-state index in [1.807, 2.05) is 0 Å². The fourth-order valence-corrected chi connectivity index (χ4v) is 2.65. The third-order valence-corrected chi connectivity index (χ3v) is 3.91. The van der Waals surface area contributed by atoms with Gasteiger partial charge in [-0.1, -0.05) is 30.3 Å². The summed E-state index contributed by atoms with van der Waals surface area (Å²) in [5.74, 6) is 1.07. The summed E-state index contributed by atoms with van der Waals surface area (Å²) in [6, 6.07) is 17.2. The smallest absolute Gasteiger partial charge is 0.122 e. The molecule has 0 N–H and O–H groups in total. The van der Waals surface area contributed by atoms with Gasteiger partial charge in [0.1, 0.15) is 5.75 Å². The van der Waals surface area contributed by atoms with Gasteiger partial charge in [0.25, 0.3) is 0 Å². The molecule has 1 aliphatic rings. The predicted octanol–water partition coefficient (Wildman–Crippen LogP) is 3.69. The fourth-order valence-electron chi connectivity index (χ4n) is 2.65. The first-order valence-electron chi connectivity index (χ1n) is 7.34. The maximum atomic E-state index is 5.67. The van der Waals surface area contributed by atoms with Gasteiger partial charge in [0, 0.05) is 19.3 Å². The number of hydrogen-bond donors (Lipinski definition) is 0. The third-order valence-electron chi connectivity index (χ3n) is 3.91. The van der Waals surface area contributed by atoms with E-state index in [0.717, 1.165) is 38.2 Å². The van der Waals surface area contributed by atoms with Crippen LogP contribution in [-0.4, -0.2) is 20.2 Å². The third kappa shape index (κ3) is 2.96. The lowest BCUT2D eigenvalue weighted by atomic mass is 10.1. The van der Waals surface area contributed by atoms with Gasteiger partial charge in [-0.05, 0) is 48.6 Å². The Morgan fingerprint density at radius 2 is 1.95 bits per heavy atom. The standard InChI is InChI=1S/C18H21NO/c1-19(12-11-15-6-3-2-4-7-15)17-9-10-18-16(14-17)8-5-13-20-18/h2-4,6-7,9-10,14H,5,8,11-13H2,1H3. The van der Waals surface area contributed by atoms with Crippen LogP contribution >= 0.6 is 0 Å². The van der Waals surface area contributed by atoms with Gasteiger partial charge < -0.3 is 9.64 Å². The van der Waals surface area contributed by atoms with E-state index >= 15 is 0 Å². The zero-order chi connectivity index (χ0) is 13.8. The minimum Gasteiger partial charge on any atom is -0.493 e. The molecule has 0 bridgehead atoms. The summed E-state index contributed by atoms with van der Waals surface area (Å²) in [6.45, 7) is 1.89. The predicted molar refractivity (Wildman–Crippen MR) is 83.7 cm³/mol. The molecule has 2 aromatic rings. The molecule has 3 rings (SSSR count). The molecule has 0 fully saturated rings. The Kier molecular flexibility index (Phi) is 3.91. The molecule has 104 valence electrons. The summed E-state index contributed by atoms with van der Waals surface area (Å²) in [4.78, 5) is 2.32. The van der Waals surface area contributed by atoms with Crippen LogP contribution in [0.15, 0.2) is 48.5 Å². The first-order valence-corrected chi connectivity index (χ1v) is 7.34. The second-order valence-corrected chi connectivity index (χ2v) is 5.40. The minimum absolute atomic E-state index is 0.857. The van der Waals surface area contributed by atoms with Crippen LogP contribution < -0.4 is 9.64 Å². The van der Waals surface area contributed by atoms with Crippen molar-refractivity contribution in [2.75, 3.05) is 25.1 Å². The van der Waals surface area contributed by atoms with Crippen LogP contribution in [-0.2, 0) is 12.8 Å². The van der Waals surface area contributed by atoms with Crippen LogP contribution in [0, 0.1) is 0 Å². The number of likely N-dealkylation sites (N-methyl/N-ethyl adjacent to an activating group) is 1. The largest absolute Gasteiger partial charge is 0.493 e. The molecular weight excluding hydrogens is 246 g/mol. The van der Waals surface area contributed by atoms with Crippen molar-refractivity contribution in [1.82, 2.24) is 0 Å². The van der Waals surface area contributed by atoms with E-state index in [1.54, 1.807) is 0 Å². The van der Waals surface area contributed by atoms with Crippen LogP contribution in [0.4, 0.5) is 5.69 Å². The highest BCUT2D eigenvalue weighted by Gasteiger charge is 2.11. The summed E-state index contributed by atoms with van der Waals surface area (Å²) in [7, 11) is 2.16. The average Bonchev–Trinajstić information content (AvgIpc) is 2.53. The lowest BCUT2D eigenvalue weighted by Gasteiger charge is -2.23. The van der Waals surface area contributed by atoms with E-state index in [1.165, 1.54) is 16.8 Å². The Bertz CT molecular complexity index is 565. The minimum atomic E-state index is 0.857. The number of aryl methyl sites for hydroxylation is 1. The SMILES string of the molecule is CN(CCc1ccccc1)c1ccc2c(c1)CCCO2. The summed E-state index contributed by atoms with van der Waals surface area (Å²) >= 11 is 0. The second-order valence-electron chi connectivity index (χ2n) is 5.40. The van der Waals surface area contributed by atoms with Gasteiger partial charge in [0.05, 0.1) is 6.61 Å². The molecule has 0 saturated carbocycles. The van der Waals surface area contributed by atoms with E-state index in [9.17, 15) is 0 Å². The van der Waals surface area contributed by atoms with Crippen LogP contribution in [0.5, 0.6) is 5.75 Å². The molecule has 2 aromatic carbocycles. The van der Waals surface area contributed by atoms with E-state index in [2.05, 4.69) is 60.5 Å². The maximum absolute atomic E-state index is 5.67. The highest BCUT2D eigenvalue weighted by Crippen LogP contribution is 2.28. The molecule has 0 unspecified atom stereocenters. The highest BCUT2D eigenvalue weighted by atomic mass is 16.5. The first kappa shape index (κ1) is 13.0.